The summed E-state index contributed by atoms with van der Waals surface area (Å²) in [5.74, 6) is -0.685. The van der Waals surface area contributed by atoms with E-state index in [1.165, 1.54) is 28.3 Å². The molecule has 1 amide bonds. The molecule has 0 fully saturated rings. The molecule has 2 aromatic heterocycles. The van der Waals surface area contributed by atoms with Crippen molar-refractivity contribution in [3.63, 3.8) is 0 Å². The van der Waals surface area contributed by atoms with Crippen LogP contribution in [0.3, 0.4) is 0 Å². The molecule has 1 aliphatic rings. The first-order chi connectivity index (χ1) is 18.0. The molecule has 4 rings (SSSR count). The fourth-order valence-corrected chi connectivity index (χ4v) is 5.64. The van der Waals surface area contributed by atoms with Gasteiger partial charge < -0.3 is 14.9 Å². The van der Waals surface area contributed by atoms with Gasteiger partial charge in [0.25, 0.3) is 0 Å². The summed E-state index contributed by atoms with van der Waals surface area (Å²) < 4.78 is 43.4. The molecule has 0 saturated heterocycles. The number of carbonyl (C=O) groups excluding carboxylic acids is 1. The minimum Gasteiger partial charge on any atom is -0.392 e. The number of hydrogen-bond donors (Lipinski definition) is 1. The number of aliphatic hydroxyl groups excluding tert-OH is 1. The number of alkyl halides is 3. The van der Waals surface area contributed by atoms with Gasteiger partial charge in [-0.2, -0.15) is 23.5 Å². The van der Waals surface area contributed by atoms with Crippen molar-refractivity contribution in [3.8, 4) is 17.2 Å². The molecule has 3 aromatic rings. The van der Waals surface area contributed by atoms with E-state index in [4.69, 9.17) is 0 Å². The van der Waals surface area contributed by atoms with E-state index in [0.717, 1.165) is 10.4 Å². The summed E-state index contributed by atoms with van der Waals surface area (Å²) in [4.78, 5) is 18.0. The van der Waals surface area contributed by atoms with E-state index in [-0.39, 0.29) is 31.2 Å². The van der Waals surface area contributed by atoms with Gasteiger partial charge in [-0.3, -0.25) is 9.48 Å². The predicted octanol–water partition coefficient (Wildman–Crippen LogP) is 4.61. The molecule has 0 saturated carbocycles. The zero-order chi connectivity index (χ0) is 27.6. The van der Waals surface area contributed by atoms with Crippen LogP contribution >= 0.6 is 11.3 Å². The molecule has 1 atom stereocenters. The molecule has 1 N–H and O–H groups in total. The summed E-state index contributed by atoms with van der Waals surface area (Å²) in [7, 11) is 3.78. The Morgan fingerprint density at radius 2 is 2.05 bits per heavy atom. The zero-order valence-electron chi connectivity index (χ0n) is 21.3. The van der Waals surface area contributed by atoms with E-state index < -0.39 is 17.8 Å². The number of benzene rings is 1. The van der Waals surface area contributed by atoms with Gasteiger partial charge >= 0.3 is 6.18 Å². The van der Waals surface area contributed by atoms with E-state index in [2.05, 4.69) is 11.2 Å². The molecule has 11 heteroatoms. The van der Waals surface area contributed by atoms with Gasteiger partial charge in [-0.1, -0.05) is 18.2 Å². The second-order valence-corrected chi connectivity index (χ2v) is 10.5. The Morgan fingerprint density at radius 3 is 2.68 bits per heavy atom. The van der Waals surface area contributed by atoms with E-state index >= 15 is 0 Å². The van der Waals surface area contributed by atoms with Gasteiger partial charge in [0.1, 0.15) is 10.9 Å². The Balaban J connectivity index is 1.87. The first-order valence-corrected chi connectivity index (χ1v) is 12.9. The van der Waals surface area contributed by atoms with E-state index in [9.17, 15) is 28.3 Å². The smallest absolute Gasteiger partial charge is 0.392 e. The number of nitriles is 1. The highest BCUT2D eigenvalue weighted by atomic mass is 32.1. The lowest BCUT2D eigenvalue weighted by molar-refractivity contribution is -0.141. The van der Waals surface area contributed by atoms with Crippen molar-refractivity contribution in [2.24, 2.45) is 0 Å². The molecule has 3 heterocycles. The number of nitrogens with zero attached hydrogens (tertiary/aromatic N) is 5. The SMILES string of the molecule is CCn1cc(-c2cc(CO)ccc2C2CN(C(=O)/C=C/CN(C)C)Cc3sc(C#N)cc32)c(C(F)(F)F)n1. The number of aryl methyl sites for hydroxylation is 1. The number of halogens is 3. The number of carbonyl (C=O) groups is 1. The van der Waals surface area contributed by atoms with Gasteiger partial charge in [-0.05, 0) is 55.4 Å². The lowest BCUT2D eigenvalue weighted by Crippen LogP contribution is -2.37. The van der Waals surface area contributed by atoms with Gasteiger partial charge in [0.15, 0.2) is 5.69 Å². The van der Waals surface area contributed by atoms with Crippen molar-refractivity contribution in [3.05, 3.63) is 74.8 Å². The highest BCUT2D eigenvalue weighted by Gasteiger charge is 2.39. The Bertz CT molecular complexity index is 1400. The maximum absolute atomic E-state index is 14.0. The molecular formula is C27H28F3N5O2S. The number of amides is 1. The number of fused-ring (bicyclic) bond motifs is 1. The maximum atomic E-state index is 14.0. The van der Waals surface area contributed by atoms with Crippen LogP contribution in [0.2, 0.25) is 0 Å². The van der Waals surface area contributed by atoms with Crippen molar-refractivity contribution < 1.29 is 23.1 Å². The second kappa shape index (κ2) is 11.1. The first kappa shape index (κ1) is 27.6. The van der Waals surface area contributed by atoms with Gasteiger partial charge in [0.2, 0.25) is 5.91 Å². The summed E-state index contributed by atoms with van der Waals surface area (Å²) in [5, 5.41) is 23.1. The normalized spacial score (nSPS) is 15.8. The highest BCUT2D eigenvalue weighted by molar-refractivity contribution is 7.12. The molecule has 1 unspecified atom stereocenters. The number of aliphatic hydroxyl groups is 1. The quantitative estimate of drug-likeness (QED) is 0.440. The Kier molecular flexibility index (Phi) is 8.06. The Labute approximate surface area is 223 Å². The largest absolute Gasteiger partial charge is 0.435 e. The predicted molar refractivity (Wildman–Crippen MR) is 138 cm³/mol. The van der Waals surface area contributed by atoms with Crippen molar-refractivity contribution in [1.29, 1.82) is 5.26 Å². The average molecular weight is 544 g/mol. The van der Waals surface area contributed by atoms with Crippen LogP contribution in [0.25, 0.3) is 11.1 Å². The molecule has 0 radical (unpaired) electrons. The molecular weight excluding hydrogens is 515 g/mol. The fraction of sp³-hybridized carbons (Fsp3) is 0.370. The third kappa shape index (κ3) is 5.67. The summed E-state index contributed by atoms with van der Waals surface area (Å²) >= 11 is 1.28. The van der Waals surface area contributed by atoms with E-state index in [0.29, 0.717) is 34.7 Å². The van der Waals surface area contributed by atoms with E-state index in [1.807, 2.05) is 19.0 Å². The summed E-state index contributed by atoms with van der Waals surface area (Å²) in [6.45, 7) is 2.75. The number of hydrogen-bond acceptors (Lipinski definition) is 6. The molecule has 1 aliphatic heterocycles. The van der Waals surface area contributed by atoms with Crippen molar-refractivity contribution >= 4 is 17.2 Å². The van der Waals surface area contributed by atoms with Crippen LogP contribution in [0.5, 0.6) is 0 Å². The average Bonchev–Trinajstić information content (AvgIpc) is 3.51. The molecule has 200 valence electrons. The Morgan fingerprint density at radius 1 is 1.29 bits per heavy atom. The van der Waals surface area contributed by atoms with E-state index in [1.54, 1.807) is 42.2 Å². The van der Waals surface area contributed by atoms with Crippen molar-refractivity contribution in [1.82, 2.24) is 19.6 Å². The van der Waals surface area contributed by atoms with Crippen LogP contribution < -0.4 is 0 Å². The topological polar surface area (TPSA) is 85.4 Å². The molecule has 1 aromatic carbocycles. The first-order valence-electron chi connectivity index (χ1n) is 12.1. The van der Waals surface area contributed by atoms with Crippen LogP contribution in [0, 0.1) is 11.3 Å². The monoisotopic (exact) mass is 543 g/mol. The summed E-state index contributed by atoms with van der Waals surface area (Å²) in [5.41, 5.74) is 1.05. The van der Waals surface area contributed by atoms with Crippen LogP contribution in [-0.4, -0.2) is 57.8 Å². The fourth-order valence-electron chi connectivity index (χ4n) is 4.61. The van der Waals surface area contributed by atoms with Crippen molar-refractivity contribution in [2.75, 3.05) is 27.2 Å². The van der Waals surface area contributed by atoms with Crippen LogP contribution in [0.15, 0.2) is 42.6 Å². The maximum Gasteiger partial charge on any atom is 0.435 e. The third-order valence-electron chi connectivity index (χ3n) is 6.43. The minimum atomic E-state index is -4.68. The van der Waals surface area contributed by atoms with Crippen molar-refractivity contribution in [2.45, 2.75) is 38.7 Å². The number of thiophene rings is 1. The number of rotatable bonds is 7. The second-order valence-electron chi connectivity index (χ2n) is 9.36. The summed E-state index contributed by atoms with van der Waals surface area (Å²) in [6, 6.07) is 8.84. The van der Waals surface area contributed by atoms with Gasteiger partial charge in [0.05, 0.1) is 13.2 Å². The molecule has 7 nitrogen and oxygen atoms in total. The molecule has 0 bridgehead atoms. The highest BCUT2D eigenvalue weighted by Crippen LogP contribution is 2.44. The molecule has 0 spiro atoms. The van der Waals surface area contributed by atoms with Gasteiger partial charge in [-0.15, -0.1) is 11.3 Å². The number of aromatic nitrogens is 2. The minimum absolute atomic E-state index is 0.0868. The molecule has 0 aliphatic carbocycles. The van der Waals surface area contributed by atoms with Gasteiger partial charge in [-0.25, -0.2) is 0 Å². The standard InChI is InChI=1S/C27H28F3N5O2S/c1-4-35-14-23(26(32-35)27(28,29)30)20-10-17(16-36)7-8-19(20)22-13-34(25(37)6-5-9-33(2)3)15-24-21(22)11-18(12-31)38-24/h5-8,10-11,14,22,36H,4,9,13,15-16H2,1-3H3/b6-5+. The van der Waals surface area contributed by atoms with Gasteiger partial charge in [0, 0.05) is 48.3 Å². The lowest BCUT2D eigenvalue weighted by atomic mass is 9.83. The summed E-state index contributed by atoms with van der Waals surface area (Å²) in [6.07, 6.45) is -0.0504. The van der Waals surface area contributed by atoms with Crippen LogP contribution in [0.1, 0.15) is 45.0 Å². The number of likely N-dealkylation sites (N-methyl/N-ethyl adjacent to an activating group) is 1. The molecule has 38 heavy (non-hydrogen) atoms. The third-order valence-corrected chi connectivity index (χ3v) is 7.47. The lowest BCUT2D eigenvalue weighted by Gasteiger charge is -2.33. The zero-order valence-corrected chi connectivity index (χ0v) is 22.1. The van der Waals surface area contributed by atoms with Crippen LogP contribution in [-0.2, 0) is 30.7 Å². The Hall–Kier alpha value is -3.46. The van der Waals surface area contributed by atoms with Crippen LogP contribution in [0.4, 0.5) is 13.2 Å².